The van der Waals surface area contributed by atoms with Gasteiger partial charge in [0.2, 0.25) is 5.88 Å². The van der Waals surface area contributed by atoms with Crippen molar-refractivity contribution in [2.75, 3.05) is 6.61 Å². The predicted octanol–water partition coefficient (Wildman–Crippen LogP) is 5.16. The van der Waals surface area contributed by atoms with Crippen LogP contribution in [0, 0.1) is 13.8 Å². The molecule has 32 heavy (non-hydrogen) atoms. The zero-order chi connectivity index (χ0) is 22.6. The van der Waals surface area contributed by atoms with E-state index >= 15 is 0 Å². The second-order valence-electron chi connectivity index (χ2n) is 8.08. The van der Waals surface area contributed by atoms with E-state index in [4.69, 9.17) is 14.0 Å². The van der Waals surface area contributed by atoms with E-state index in [0.29, 0.717) is 35.7 Å². The SMILES string of the molecule is Cc1ccc(-c2noc(C)c2COc2cc(C3(OCC(F)F)CCCCC3)cnn2)cn1. The smallest absolute Gasteiger partial charge is 0.261 e. The number of ether oxygens (including phenoxy) is 2. The third-order valence-electron chi connectivity index (χ3n) is 5.84. The van der Waals surface area contributed by atoms with E-state index < -0.39 is 18.6 Å². The molecule has 0 bridgehead atoms. The Morgan fingerprint density at radius 1 is 1.12 bits per heavy atom. The Labute approximate surface area is 185 Å². The van der Waals surface area contributed by atoms with Crippen LogP contribution in [0.25, 0.3) is 11.3 Å². The first-order chi connectivity index (χ1) is 15.5. The van der Waals surface area contributed by atoms with Crippen molar-refractivity contribution in [2.45, 2.75) is 64.6 Å². The van der Waals surface area contributed by atoms with Gasteiger partial charge in [0.1, 0.15) is 24.7 Å². The van der Waals surface area contributed by atoms with E-state index in [-0.39, 0.29) is 6.61 Å². The average molecular weight is 444 g/mol. The minimum Gasteiger partial charge on any atom is -0.471 e. The van der Waals surface area contributed by atoms with Gasteiger partial charge in [-0.15, -0.1) is 5.10 Å². The molecule has 0 amide bonds. The van der Waals surface area contributed by atoms with Crippen LogP contribution in [-0.4, -0.2) is 33.4 Å². The van der Waals surface area contributed by atoms with Gasteiger partial charge in [-0.1, -0.05) is 24.4 Å². The van der Waals surface area contributed by atoms with Crippen LogP contribution in [0.5, 0.6) is 5.88 Å². The third-order valence-corrected chi connectivity index (χ3v) is 5.84. The normalized spacial score (nSPS) is 15.8. The van der Waals surface area contributed by atoms with Crippen LogP contribution in [0.4, 0.5) is 8.78 Å². The highest BCUT2D eigenvalue weighted by Crippen LogP contribution is 2.41. The largest absolute Gasteiger partial charge is 0.471 e. The first-order valence-corrected chi connectivity index (χ1v) is 10.7. The highest BCUT2D eigenvalue weighted by atomic mass is 19.3. The average Bonchev–Trinajstić information content (AvgIpc) is 3.18. The lowest BCUT2D eigenvalue weighted by Crippen LogP contribution is -2.34. The van der Waals surface area contributed by atoms with Gasteiger partial charge in [-0.25, -0.2) is 8.78 Å². The fourth-order valence-corrected chi connectivity index (χ4v) is 4.07. The second-order valence-corrected chi connectivity index (χ2v) is 8.08. The molecule has 0 unspecified atom stereocenters. The molecular weight excluding hydrogens is 418 g/mol. The molecule has 3 heterocycles. The summed E-state index contributed by atoms with van der Waals surface area (Å²) in [7, 11) is 0. The van der Waals surface area contributed by atoms with Crippen molar-refractivity contribution in [3.63, 3.8) is 0 Å². The molecule has 0 saturated heterocycles. The van der Waals surface area contributed by atoms with Gasteiger partial charge >= 0.3 is 0 Å². The molecular formula is C23H26F2N4O3. The summed E-state index contributed by atoms with van der Waals surface area (Å²) in [6, 6.07) is 5.57. The maximum Gasteiger partial charge on any atom is 0.261 e. The molecule has 1 aliphatic carbocycles. The molecule has 7 nitrogen and oxygen atoms in total. The minimum atomic E-state index is -2.52. The van der Waals surface area contributed by atoms with E-state index in [1.165, 1.54) is 0 Å². The molecule has 3 aromatic rings. The van der Waals surface area contributed by atoms with Crippen LogP contribution in [-0.2, 0) is 16.9 Å². The van der Waals surface area contributed by atoms with E-state index in [2.05, 4.69) is 20.3 Å². The Morgan fingerprint density at radius 3 is 2.66 bits per heavy atom. The Balaban J connectivity index is 1.54. The van der Waals surface area contributed by atoms with Crippen LogP contribution >= 0.6 is 0 Å². The molecule has 170 valence electrons. The van der Waals surface area contributed by atoms with Crippen molar-refractivity contribution < 1.29 is 22.8 Å². The number of alkyl halides is 2. The van der Waals surface area contributed by atoms with Gasteiger partial charge in [0.15, 0.2) is 0 Å². The van der Waals surface area contributed by atoms with Crippen molar-refractivity contribution in [2.24, 2.45) is 0 Å². The van der Waals surface area contributed by atoms with E-state index in [1.54, 1.807) is 18.5 Å². The number of nitrogens with zero attached hydrogens (tertiary/aromatic N) is 4. The summed E-state index contributed by atoms with van der Waals surface area (Å²) in [4.78, 5) is 4.31. The van der Waals surface area contributed by atoms with Gasteiger partial charge in [0.25, 0.3) is 6.43 Å². The van der Waals surface area contributed by atoms with Crippen LogP contribution in [0.1, 0.15) is 54.7 Å². The Kier molecular flexibility index (Phi) is 6.74. The minimum absolute atomic E-state index is 0.168. The molecule has 0 spiro atoms. The highest BCUT2D eigenvalue weighted by molar-refractivity contribution is 5.62. The van der Waals surface area contributed by atoms with Crippen LogP contribution < -0.4 is 4.74 Å². The third kappa shape index (κ3) is 4.93. The first-order valence-electron chi connectivity index (χ1n) is 10.7. The summed E-state index contributed by atoms with van der Waals surface area (Å²) in [5, 5.41) is 12.3. The van der Waals surface area contributed by atoms with E-state index in [0.717, 1.165) is 36.1 Å². The van der Waals surface area contributed by atoms with Crippen molar-refractivity contribution in [1.29, 1.82) is 0 Å². The molecule has 3 aromatic heterocycles. The number of halogens is 2. The molecule has 0 aliphatic heterocycles. The summed E-state index contributed by atoms with van der Waals surface area (Å²) < 4.78 is 42.8. The maximum absolute atomic E-state index is 12.9. The Hall–Kier alpha value is -2.94. The molecule has 0 atom stereocenters. The zero-order valence-electron chi connectivity index (χ0n) is 18.2. The van der Waals surface area contributed by atoms with Crippen LogP contribution in [0.2, 0.25) is 0 Å². The van der Waals surface area contributed by atoms with E-state index in [9.17, 15) is 8.78 Å². The molecule has 0 aromatic carbocycles. The molecule has 1 saturated carbocycles. The maximum atomic E-state index is 12.9. The van der Waals surface area contributed by atoms with Gasteiger partial charge in [-0.05, 0) is 38.8 Å². The highest BCUT2D eigenvalue weighted by Gasteiger charge is 2.36. The lowest BCUT2D eigenvalue weighted by Gasteiger charge is -2.37. The number of rotatable bonds is 8. The fraction of sp³-hybridized carbons (Fsp3) is 0.478. The standard InChI is InChI=1S/C23H26F2N4O3/c1-15-6-7-17(11-26-15)22-19(16(2)32-29-22)13-30-21-10-18(12-27-28-21)23(31-14-20(24)25)8-4-3-5-9-23/h6-7,10-12,20H,3-5,8-9,13-14H2,1-2H3. The molecule has 1 fully saturated rings. The monoisotopic (exact) mass is 444 g/mol. The number of hydrogen-bond acceptors (Lipinski definition) is 7. The molecule has 9 heteroatoms. The number of hydrogen-bond donors (Lipinski definition) is 0. The van der Waals surface area contributed by atoms with Crippen LogP contribution in [0.3, 0.4) is 0 Å². The quantitative estimate of drug-likeness (QED) is 0.474. The van der Waals surface area contributed by atoms with Crippen LogP contribution in [0.15, 0.2) is 35.1 Å². The Morgan fingerprint density at radius 2 is 1.94 bits per heavy atom. The summed E-state index contributed by atoms with van der Waals surface area (Å²) in [6.07, 6.45) is 5.02. The molecule has 4 rings (SSSR count). The van der Waals surface area contributed by atoms with Gasteiger partial charge in [0.05, 0.1) is 17.4 Å². The van der Waals surface area contributed by atoms with Crippen molar-refractivity contribution in [3.8, 4) is 17.1 Å². The van der Waals surface area contributed by atoms with E-state index in [1.807, 2.05) is 26.0 Å². The van der Waals surface area contributed by atoms with Crippen molar-refractivity contribution in [1.82, 2.24) is 20.3 Å². The summed E-state index contributed by atoms with van der Waals surface area (Å²) >= 11 is 0. The number of aromatic nitrogens is 4. The molecule has 0 radical (unpaired) electrons. The van der Waals surface area contributed by atoms with Crippen molar-refractivity contribution >= 4 is 0 Å². The molecule has 1 aliphatic rings. The zero-order valence-corrected chi connectivity index (χ0v) is 18.2. The molecule has 0 N–H and O–H groups in total. The van der Waals surface area contributed by atoms with Gasteiger partial charge in [-0.2, -0.15) is 5.10 Å². The van der Waals surface area contributed by atoms with Crippen molar-refractivity contribution in [3.05, 3.63) is 53.2 Å². The van der Waals surface area contributed by atoms with Gasteiger partial charge in [-0.3, -0.25) is 4.98 Å². The summed E-state index contributed by atoms with van der Waals surface area (Å²) in [5.74, 6) is 0.926. The predicted molar refractivity (Wildman–Crippen MR) is 112 cm³/mol. The lowest BCUT2D eigenvalue weighted by molar-refractivity contribution is -0.112. The van der Waals surface area contributed by atoms with Gasteiger partial charge in [0, 0.05) is 29.1 Å². The summed E-state index contributed by atoms with van der Waals surface area (Å²) in [6.45, 7) is 3.29. The number of pyridine rings is 1. The fourth-order valence-electron chi connectivity index (χ4n) is 4.07. The topological polar surface area (TPSA) is 83.2 Å². The first kappa shape index (κ1) is 22.3. The summed E-state index contributed by atoms with van der Waals surface area (Å²) in [5.41, 5.74) is 3.10. The number of aryl methyl sites for hydroxylation is 2. The van der Waals surface area contributed by atoms with Gasteiger partial charge < -0.3 is 14.0 Å². The lowest BCUT2D eigenvalue weighted by atomic mass is 9.80. The Bertz CT molecular complexity index is 1030. The second kappa shape index (κ2) is 9.68.